The highest BCUT2D eigenvalue weighted by Gasteiger charge is 2.25. The molecule has 0 fully saturated rings. The minimum atomic E-state index is -0.343. The van der Waals surface area contributed by atoms with Crippen molar-refractivity contribution in [2.75, 3.05) is 24.6 Å². The number of ether oxygens (including phenoxy) is 1. The number of benzene rings is 2. The molecule has 0 radical (unpaired) electrons. The van der Waals surface area contributed by atoms with E-state index in [1.165, 1.54) is 22.8 Å². The summed E-state index contributed by atoms with van der Waals surface area (Å²) in [6, 6.07) is 10.4. The number of nitrogens with zero attached hydrogens (tertiary/aromatic N) is 3. The molecule has 0 aliphatic carbocycles. The largest absolute Gasteiger partial charge is 0.486 e. The quantitative estimate of drug-likeness (QED) is 0.661. The third kappa shape index (κ3) is 3.95. The first-order valence-electron chi connectivity index (χ1n) is 11.4. The summed E-state index contributed by atoms with van der Waals surface area (Å²) in [7, 11) is 0. The summed E-state index contributed by atoms with van der Waals surface area (Å²) >= 11 is 0. The van der Waals surface area contributed by atoms with E-state index in [1.807, 2.05) is 19.2 Å². The van der Waals surface area contributed by atoms with E-state index in [4.69, 9.17) is 9.72 Å². The first kappa shape index (κ1) is 20.9. The van der Waals surface area contributed by atoms with Crippen molar-refractivity contribution < 1.29 is 9.13 Å². The molecule has 32 heavy (non-hydrogen) atoms. The summed E-state index contributed by atoms with van der Waals surface area (Å²) in [5, 5.41) is 3.43. The maximum absolute atomic E-state index is 15.0. The van der Waals surface area contributed by atoms with Crippen LogP contribution in [-0.4, -0.2) is 35.7 Å². The van der Waals surface area contributed by atoms with Crippen molar-refractivity contribution in [3.05, 3.63) is 70.4 Å². The maximum Gasteiger partial charge on any atom is 0.178 e. The van der Waals surface area contributed by atoms with E-state index in [0.717, 1.165) is 54.4 Å². The zero-order chi connectivity index (χ0) is 22.2. The first-order chi connectivity index (χ1) is 15.5. The van der Waals surface area contributed by atoms with Crippen LogP contribution in [0.25, 0.3) is 11.3 Å². The molecule has 0 bridgehead atoms. The van der Waals surface area contributed by atoms with E-state index in [1.54, 1.807) is 0 Å². The van der Waals surface area contributed by atoms with Gasteiger partial charge in [0.05, 0.1) is 17.9 Å². The van der Waals surface area contributed by atoms with Gasteiger partial charge in [-0.25, -0.2) is 14.4 Å². The SMILES string of the molecule is Cc1cnc(Cc2ccc3c(c2)CNCC3)nc1-c1cc(F)c2c(c1)N(C(C)C)CCO2. The van der Waals surface area contributed by atoms with Crippen LogP contribution < -0.4 is 15.0 Å². The van der Waals surface area contributed by atoms with Crippen LogP contribution in [0.4, 0.5) is 10.1 Å². The molecule has 0 unspecified atom stereocenters. The molecular weight excluding hydrogens is 403 g/mol. The number of aryl methyl sites for hydroxylation is 1. The monoisotopic (exact) mass is 432 g/mol. The van der Waals surface area contributed by atoms with Gasteiger partial charge in [-0.15, -0.1) is 0 Å². The molecule has 2 aliphatic heterocycles. The molecule has 2 aromatic carbocycles. The Morgan fingerprint density at radius 3 is 2.91 bits per heavy atom. The molecule has 5 nitrogen and oxygen atoms in total. The molecule has 3 heterocycles. The van der Waals surface area contributed by atoms with Crippen LogP contribution in [0, 0.1) is 12.7 Å². The van der Waals surface area contributed by atoms with E-state index in [9.17, 15) is 4.39 Å². The third-order valence-corrected chi connectivity index (χ3v) is 6.35. The number of nitrogens with one attached hydrogen (secondary N) is 1. The molecule has 0 amide bonds. The van der Waals surface area contributed by atoms with Gasteiger partial charge in [-0.1, -0.05) is 18.2 Å². The molecule has 1 N–H and O–H groups in total. The van der Waals surface area contributed by atoms with Crippen LogP contribution in [0.15, 0.2) is 36.5 Å². The van der Waals surface area contributed by atoms with Crippen molar-refractivity contribution in [3.8, 4) is 17.0 Å². The van der Waals surface area contributed by atoms with Crippen LogP contribution in [0.1, 0.15) is 41.9 Å². The molecule has 1 aromatic heterocycles. The zero-order valence-electron chi connectivity index (χ0n) is 18.9. The number of halogens is 1. The predicted octanol–water partition coefficient (Wildman–Crippen LogP) is 4.43. The molecule has 0 atom stereocenters. The topological polar surface area (TPSA) is 50.3 Å². The van der Waals surface area contributed by atoms with Gasteiger partial charge < -0.3 is 15.0 Å². The van der Waals surface area contributed by atoms with Crippen molar-refractivity contribution in [3.63, 3.8) is 0 Å². The van der Waals surface area contributed by atoms with Gasteiger partial charge in [0.2, 0.25) is 0 Å². The fraction of sp³-hybridized carbons (Fsp3) is 0.385. The Kier molecular flexibility index (Phi) is 5.55. The molecule has 5 rings (SSSR count). The number of hydrogen-bond donors (Lipinski definition) is 1. The first-order valence-corrected chi connectivity index (χ1v) is 11.4. The summed E-state index contributed by atoms with van der Waals surface area (Å²) < 4.78 is 20.6. The second-order valence-corrected chi connectivity index (χ2v) is 8.97. The summed E-state index contributed by atoms with van der Waals surface area (Å²) in [5.74, 6) is 0.734. The molecule has 0 saturated carbocycles. The summed E-state index contributed by atoms with van der Waals surface area (Å²) in [6.07, 6.45) is 3.56. The van der Waals surface area contributed by atoms with Gasteiger partial charge in [0.15, 0.2) is 11.6 Å². The smallest absolute Gasteiger partial charge is 0.178 e. The lowest BCUT2D eigenvalue weighted by Crippen LogP contribution is -2.38. The molecule has 2 aliphatic rings. The van der Waals surface area contributed by atoms with Gasteiger partial charge in [-0.2, -0.15) is 0 Å². The standard InChI is InChI=1S/C26H29FN4O/c1-16(2)31-8-9-32-26-22(27)12-20(13-23(26)31)25-17(3)14-29-24(30-25)11-18-4-5-19-6-7-28-15-21(19)10-18/h4-5,10,12-14,16,28H,6-9,11,15H2,1-3H3. The number of hydrogen-bond acceptors (Lipinski definition) is 5. The highest BCUT2D eigenvalue weighted by atomic mass is 19.1. The molecule has 6 heteroatoms. The van der Waals surface area contributed by atoms with E-state index in [2.05, 4.69) is 47.2 Å². The van der Waals surface area contributed by atoms with Crippen LogP contribution in [0.5, 0.6) is 5.75 Å². The van der Waals surface area contributed by atoms with Gasteiger partial charge in [0, 0.05) is 30.8 Å². The normalized spacial score (nSPS) is 15.3. The van der Waals surface area contributed by atoms with Gasteiger partial charge in [0.25, 0.3) is 0 Å². The minimum absolute atomic E-state index is 0.257. The second kappa shape index (κ2) is 8.51. The third-order valence-electron chi connectivity index (χ3n) is 6.35. The van der Waals surface area contributed by atoms with Crippen molar-refractivity contribution >= 4 is 5.69 Å². The lowest BCUT2D eigenvalue weighted by molar-refractivity contribution is 0.287. The Hall–Kier alpha value is -2.99. The highest BCUT2D eigenvalue weighted by molar-refractivity contribution is 5.73. The van der Waals surface area contributed by atoms with Crippen molar-refractivity contribution in [2.45, 2.75) is 46.2 Å². The number of fused-ring (bicyclic) bond motifs is 2. The number of anilines is 1. The fourth-order valence-electron chi connectivity index (χ4n) is 4.66. The van der Waals surface area contributed by atoms with Gasteiger partial charge in [-0.05, 0) is 68.1 Å². The molecule has 0 saturated heterocycles. The van der Waals surface area contributed by atoms with Crippen molar-refractivity contribution in [1.29, 1.82) is 0 Å². The lowest BCUT2D eigenvalue weighted by atomic mass is 9.97. The summed E-state index contributed by atoms with van der Waals surface area (Å²) in [6.45, 7) is 9.38. The maximum atomic E-state index is 15.0. The Morgan fingerprint density at radius 2 is 2.06 bits per heavy atom. The van der Waals surface area contributed by atoms with Gasteiger partial charge in [0.1, 0.15) is 12.4 Å². The van der Waals surface area contributed by atoms with E-state index in [-0.39, 0.29) is 11.9 Å². The van der Waals surface area contributed by atoms with Gasteiger partial charge >= 0.3 is 0 Å². The molecule has 3 aromatic rings. The predicted molar refractivity (Wildman–Crippen MR) is 125 cm³/mol. The second-order valence-electron chi connectivity index (χ2n) is 8.97. The van der Waals surface area contributed by atoms with Crippen molar-refractivity contribution in [2.24, 2.45) is 0 Å². The van der Waals surface area contributed by atoms with Gasteiger partial charge in [-0.3, -0.25) is 0 Å². The van der Waals surface area contributed by atoms with Crippen LogP contribution >= 0.6 is 0 Å². The average Bonchev–Trinajstić information content (AvgIpc) is 2.79. The van der Waals surface area contributed by atoms with E-state index in [0.29, 0.717) is 18.8 Å². The van der Waals surface area contributed by atoms with Crippen LogP contribution in [0.2, 0.25) is 0 Å². The summed E-state index contributed by atoms with van der Waals surface area (Å²) in [4.78, 5) is 11.6. The Labute approximate surface area is 188 Å². The number of aromatic nitrogens is 2. The van der Waals surface area contributed by atoms with Crippen LogP contribution in [0.3, 0.4) is 0 Å². The zero-order valence-corrected chi connectivity index (χ0v) is 18.9. The fourth-order valence-corrected chi connectivity index (χ4v) is 4.66. The lowest BCUT2D eigenvalue weighted by Gasteiger charge is -2.34. The highest BCUT2D eigenvalue weighted by Crippen LogP contribution is 2.39. The Bertz CT molecular complexity index is 1160. The molecule has 166 valence electrons. The van der Waals surface area contributed by atoms with E-state index >= 15 is 0 Å². The average molecular weight is 433 g/mol. The molecular formula is C26H29FN4O. The number of rotatable bonds is 4. The summed E-state index contributed by atoms with van der Waals surface area (Å²) in [5.41, 5.74) is 7.21. The minimum Gasteiger partial charge on any atom is -0.486 e. The molecule has 0 spiro atoms. The Morgan fingerprint density at radius 1 is 1.19 bits per heavy atom. The van der Waals surface area contributed by atoms with E-state index < -0.39 is 0 Å². The van der Waals surface area contributed by atoms with Crippen molar-refractivity contribution in [1.82, 2.24) is 15.3 Å². The Balaban J connectivity index is 1.49. The van der Waals surface area contributed by atoms with Crippen LogP contribution in [-0.2, 0) is 19.4 Å².